The highest BCUT2D eigenvalue weighted by molar-refractivity contribution is 5.62. The van der Waals surface area contributed by atoms with Crippen molar-refractivity contribution < 1.29 is 9.66 Å². The summed E-state index contributed by atoms with van der Waals surface area (Å²) < 4.78 is 6.92. The molecule has 0 aliphatic carbocycles. The van der Waals surface area contributed by atoms with Crippen LogP contribution in [-0.2, 0) is 7.05 Å². The monoisotopic (exact) mass is 276 g/mol. The van der Waals surface area contributed by atoms with Gasteiger partial charge in [-0.1, -0.05) is 0 Å². The molecule has 0 saturated heterocycles. The van der Waals surface area contributed by atoms with Crippen LogP contribution in [0.15, 0.2) is 30.6 Å². The molecule has 0 bridgehead atoms. The summed E-state index contributed by atoms with van der Waals surface area (Å²) in [4.78, 5) is 10.4. The Kier molecular flexibility index (Phi) is 3.88. The van der Waals surface area contributed by atoms with Crippen LogP contribution in [-0.4, -0.2) is 21.8 Å². The van der Waals surface area contributed by atoms with Gasteiger partial charge in [0.1, 0.15) is 5.75 Å². The molecule has 0 radical (unpaired) electrons. The van der Waals surface area contributed by atoms with Crippen LogP contribution in [0.5, 0.6) is 5.75 Å². The summed E-state index contributed by atoms with van der Waals surface area (Å²) in [6.45, 7) is 1.95. The lowest BCUT2D eigenvalue weighted by Gasteiger charge is -2.16. The van der Waals surface area contributed by atoms with E-state index in [-0.39, 0.29) is 11.7 Å². The highest BCUT2D eigenvalue weighted by Gasteiger charge is 2.14. The summed E-state index contributed by atoms with van der Waals surface area (Å²) in [6.07, 6.45) is 3.64. The van der Waals surface area contributed by atoms with Gasteiger partial charge in [0.2, 0.25) is 0 Å². The van der Waals surface area contributed by atoms with Crippen LogP contribution >= 0.6 is 0 Å². The van der Waals surface area contributed by atoms with E-state index in [1.165, 1.54) is 19.2 Å². The van der Waals surface area contributed by atoms with E-state index in [1.54, 1.807) is 16.9 Å². The summed E-state index contributed by atoms with van der Waals surface area (Å²) in [7, 11) is 3.37. The minimum Gasteiger partial charge on any atom is -0.495 e. The molecule has 1 heterocycles. The third-order valence-electron chi connectivity index (χ3n) is 2.99. The molecule has 20 heavy (non-hydrogen) atoms. The Morgan fingerprint density at radius 3 is 2.80 bits per heavy atom. The topological polar surface area (TPSA) is 82.2 Å². The molecule has 1 atom stereocenters. The Morgan fingerprint density at radius 2 is 2.25 bits per heavy atom. The van der Waals surface area contributed by atoms with Gasteiger partial charge in [-0.05, 0) is 13.0 Å². The molecule has 7 nitrogen and oxygen atoms in total. The molecule has 2 aromatic rings. The Hall–Kier alpha value is -2.57. The van der Waals surface area contributed by atoms with Crippen molar-refractivity contribution in [2.75, 3.05) is 12.4 Å². The van der Waals surface area contributed by atoms with Crippen LogP contribution in [0.2, 0.25) is 0 Å². The number of nitro benzene ring substituents is 1. The van der Waals surface area contributed by atoms with E-state index in [0.717, 1.165) is 5.56 Å². The fourth-order valence-corrected chi connectivity index (χ4v) is 1.90. The fourth-order valence-electron chi connectivity index (χ4n) is 1.90. The second kappa shape index (κ2) is 5.60. The van der Waals surface area contributed by atoms with Crippen LogP contribution < -0.4 is 10.1 Å². The van der Waals surface area contributed by atoms with Gasteiger partial charge in [0.25, 0.3) is 5.69 Å². The molecule has 0 amide bonds. The molecule has 2 rings (SSSR count). The lowest BCUT2D eigenvalue weighted by molar-refractivity contribution is -0.384. The number of nitrogens with zero attached hydrogens (tertiary/aromatic N) is 3. The number of nitrogens with one attached hydrogen (secondary N) is 1. The van der Waals surface area contributed by atoms with Crippen molar-refractivity contribution in [3.05, 3.63) is 46.3 Å². The first-order chi connectivity index (χ1) is 9.51. The van der Waals surface area contributed by atoms with Gasteiger partial charge in [0, 0.05) is 30.9 Å². The van der Waals surface area contributed by atoms with Gasteiger partial charge in [-0.2, -0.15) is 5.10 Å². The molecule has 106 valence electrons. The lowest BCUT2D eigenvalue weighted by Crippen LogP contribution is -2.07. The highest BCUT2D eigenvalue weighted by Crippen LogP contribution is 2.31. The second-order valence-electron chi connectivity index (χ2n) is 4.46. The molecule has 1 unspecified atom stereocenters. The number of methoxy groups -OCH3 is 1. The normalized spacial score (nSPS) is 11.9. The van der Waals surface area contributed by atoms with Crippen molar-refractivity contribution in [2.45, 2.75) is 13.0 Å². The van der Waals surface area contributed by atoms with Crippen molar-refractivity contribution in [1.29, 1.82) is 0 Å². The predicted octanol–water partition coefficient (Wildman–Crippen LogP) is 2.51. The van der Waals surface area contributed by atoms with Crippen LogP contribution in [0.3, 0.4) is 0 Å². The zero-order valence-corrected chi connectivity index (χ0v) is 11.5. The molecular weight excluding hydrogens is 260 g/mol. The zero-order valence-electron chi connectivity index (χ0n) is 11.5. The number of rotatable bonds is 5. The molecule has 7 heteroatoms. The summed E-state index contributed by atoms with van der Waals surface area (Å²) >= 11 is 0. The minimum atomic E-state index is -0.431. The maximum atomic E-state index is 10.8. The molecule has 0 saturated carbocycles. The van der Waals surface area contributed by atoms with Crippen molar-refractivity contribution in [1.82, 2.24) is 9.78 Å². The van der Waals surface area contributed by atoms with Gasteiger partial charge in [-0.25, -0.2) is 0 Å². The summed E-state index contributed by atoms with van der Waals surface area (Å²) in [5.74, 6) is 0.561. The second-order valence-corrected chi connectivity index (χ2v) is 4.46. The molecule has 0 aliphatic heterocycles. The lowest BCUT2D eigenvalue weighted by atomic mass is 10.1. The SMILES string of the molecule is COc1ccc([N+](=O)[O-])cc1NC(C)c1cnn(C)c1. The predicted molar refractivity (Wildman–Crippen MR) is 74.9 cm³/mol. The molecule has 0 fully saturated rings. The fraction of sp³-hybridized carbons (Fsp3) is 0.308. The third-order valence-corrected chi connectivity index (χ3v) is 2.99. The quantitative estimate of drug-likeness (QED) is 0.670. The standard InChI is InChI=1S/C13H16N4O3/c1-9(10-7-14-16(2)8-10)15-12-6-11(17(18)19)4-5-13(12)20-3/h4-9,15H,1-3H3. The van der Waals surface area contributed by atoms with E-state index >= 15 is 0 Å². The summed E-state index contributed by atoms with van der Waals surface area (Å²) in [5.41, 5.74) is 1.59. The smallest absolute Gasteiger partial charge is 0.271 e. The van der Waals surface area contributed by atoms with Crippen LogP contribution in [0.25, 0.3) is 0 Å². The van der Waals surface area contributed by atoms with Gasteiger partial charge in [0.05, 0.1) is 30.0 Å². The van der Waals surface area contributed by atoms with Crippen molar-refractivity contribution in [2.24, 2.45) is 7.05 Å². The van der Waals surface area contributed by atoms with Gasteiger partial charge in [0.15, 0.2) is 0 Å². The Labute approximate surface area is 116 Å². The zero-order chi connectivity index (χ0) is 14.7. The Bertz CT molecular complexity index is 624. The van der Waals surface area contributed by atoms with Gasteiger partial charge >= 0.3 is 0 Å². The molecule has 1 aromatic carbocycles. The van der Waals surface area contributed by atoms with E-state index < -0.39 is 4.92 Å². The number of aromatic nitrogens is 2. The van der Waals surface area contributed by atoms with Gasteiger partial charge < -0.3 is 10.1 Å². The van der Waals surface area contributed by atoms with E-state index in [9.17, 15) is 10.1 Å². The number of hydrogen-bond donors (Lipinski definition) is 1. The number of hydrogen-bond acceptors (Lipinski definition) is 5. The van der Waals surface area contributed by atoms with Crippen molar-refractivity contribution in [3.8, 4) is 5.75 Å². The van der Waals surface area contributed by atoms with Crippen LogP contribution in [0.4, 0.5) is 11.4 Å². The molecule has 0 spiro atoms. The van der Waals surface area contributed by atoms with Crippen molar-refractivity contribution in [3.63, 3.8) is 0 Å². The largest absolute Gasteiger partial charge is 0.495 e. The Balaban J connectivity index is 2.27. The number of non-ortho nitro benzene ring substituents is 1. The summed E-state index contributed by atoms with van der Waals surface area (Å²) in [5, 5.41) is 18.1. The maximum Gasteiger partial charge on any atom is 0.271 e. The Morgan fingerprint density at radius 1 is 1.50 bits per heavy atom. The average Bonchev–Trinajstić information content (AvgIpc) is 2.85. The van der Waals surface area contributed by atoms with E-state index in [4.69, 9.17) is 4.74 Å². The van der Waals surface area contributed by atoms with Gasteiger partial charge in [-0.3, -0.25) is 14.8 Å². The third kappa shape index (κ3) is 2.87. The number of nitro groups is 1. The van der Waals surface area contributed by atoms with Crippen LogP contribution in [0, 0.1) is 10.1 Å². The molecular formula is C13H16N4O3. The summed E-state index contributed by atoms with van der Waals surface area (Å²) in [6, 6.07) is 4.42. The minimum absolute atomic E-state index is 0.0201. The van der Waals surface area contributed by atoms with Crippen molar-refractivity contribution >= 4 is 11.4 Å². The number of anilines is 1. The van der Waals surface area contributed by atoms with E-state index in [1.807, 2.05) is 20.2 Å². The maximum absolute atomic E-state index is 10.8. The molecule has 1 aromatic heterocycles. The van der Waals surface area contributed by atoms with Gasteiger partial charge in [-0.15, -0.1) is 0 Å². The number of ether oxygens (including phenoxy) is 1. The van der Waals surface area contributed by atoms with Crippen LogP contribution in [0.1, 0.15) is 18.5 Å². The average molecular weight is 276 g/mol. The first-order valence-electron chi connectivity index (χ1n) is 6.08. The first kappa shape index (κ1) is 13.9. The molecule has 1 N–H and O–H groups in total. The number of benzene rings is 1. The van der Waals surface area contributed by atoms with E-state index in [0.29, 0.717) is 11.4 Å². The molecule has 0 aliphatic rings. The highest BCUT2D eigenvalue weighted by atomic mass is 16.6. The van der Waals surface area contributed by atoms with E-state index in [2.05, 4.69) is 10.4 Å². The number of aryl methyl sites for hydroxylation is 1. The first-order valence-corrected chi connectivity index (χ1v) is 6.08.